The quantitative estimate of drug-likeness (QED) is 0.534. The molecule has 0 unspecified atom stereocenters. The summed E-state index contributed by atoms with van der Waals surface area (Å²) in [6, 6.07) is 0. The maximum absolute atomic E-state index is 13.1. The maximum atomic E-state index is 13.1. The molecule has 0 spiro atoms. The molecule has 3 aliphatic carbocycles. The van der Waals surface area contributed by atoms with Crippen molar-refractivity contribution in [3.63, 3.8) is 0 Å². The smallest absolute Gasteiger partial charge is 0.137 e. The Kier molecular flexibility index (Phi) is 7.25. The van der Waals surface area contributed by atoms with Gasteiger partial charge in [-0.15, -0.1) is 0 Å². The molecule has 1 N–H and O–H groups in total. The van der Waals surface area contributed by atoms with Gasteiger partial charge in [0.1, 0.15) is 5.78 Å². The van der Waals surface area contributed by atoms with Crippen LogP contribution < -0.4 is 0 Å². The van der Waals surface area contributed by atoms with Crippen molar-refractivity contribution in [1.29, 1.82) is 0 Å². The molecule has 3 fully saturated rings. The lowest BCUT2D eigenvalue weighted by atomic mass is 9.60. The molecule has 0 aromatic rings. The topological polar surface area (TPSA) is 37.3 Å². The van der Waals surface area contributed by atoms with Crippen molar-refractivity contribution in [2.75, 3.05) is 0 Å². The molecule has 2 nitrogen and oxygen atoms in total. The highest BCUT2D eigenvalue weighted by atomic mass is 16.3. The van der Waals surface area contributed by atoms with Gasteiger partial charge in [0.05, 0.1) is 6.10 Å². The summed E-state index contributed by atoms with van der Waals surface area (Å²) < 4.78 is 0. The Labute approximate surface area is 178 Å². The minimum atomic E-state index is -0.231. The molecule has 162 valence electrons. The molecule has 0 aromatic carbocycles. The van der Waals surface area contributed by atoms with Crippen LogP contribution in [0.1, 0.15) is 91.9 Å². The van der Waals surface area contributed by atoms with Crippen molar-refractivity contribution >= 4 is 5.78 Å². The number of fused-ring (bicyclic) bond motifs is 1. The van der Waals surface area contributed by atoms with Crippen molar-refractivity contribution in [1.82, 2.24) is 0 Å². The number of hydrogen-bond donors (Lipinski definition) is 1. The Balaban J connectivity index is 1.76. The van der Waals surface area contributed by atoms with Crippen LogP contribution in [0.3, 0.4) is 0 Å². The number of ketones is 1. The Morgan fingerprint density at radius 1 is 1.17 bits per heavy atom. The number of aliphatic hydroxyl groups is 1. The number of hydrogen-bond acceptors (Lipinski definition) is 2. The van der Waals surface area contributed by atoms with Crippen molar-refractivity contribution in [2.24, 2.45) is 29.1 Å². The average molecular weight is 399 g/mol. The van der Waals surface area contributed by atoms with Crippen molar-refractivity contribution < 1.29 is 9.90 Å². The number of rotatable bonds is 6. The largest absolute Gasteiger partial charge is 0.393 e. The molecular formula is C27H42O2. The monoisotopic (exact) mass is 398 g/mol. The molecule has 0 radical (unpaired) electrons. The normalized spacial score (nSPS) is 36.8. The number of aliphatic hydroxyl groups excluding tert-OH is 1. The van der Waals surface area contributed by atoms with Crippen LogP contribution in [-0.4, -0.2) is 17.0 Å². The van der Waals surface area contributed by atoms with E-state index < -0.39 is 0 Å². The van der Waals surface area contributed by atoms with Crippen LogP contribution in [0.15, 0.2) is 35.5 Å². The van der Waals surface area contributed by atoms with Gasteiger partial charge in [-0.2, -0.15) is 0 Å². The highest BCUT2D eigenvalue weighted by Crippen LogP contribution is 2.58. The Morgan fingerprint density at radius 3 is 2.66 bits per heavy atom. The van der Waals surface area contributed by atoms with E-state index in [1.807, 2.05) is 0 Å². The average Bonchev–Trinajstić information content (AvgIpc) is 2.92. The van der Waals surface area contributed by atoms with E-state index in [-0.39, 0.29) is 17.4 Å². The molecular weight excluding hydrogens is 356 g/mol. The molecule has 0 saturated heterocycles. The number of allylic oxidation sites excluding steroid dienone is 4. The molecule has 0 heterocycles. The summed E-state index contributed by atoms with van der Waals surface area (Å²) >= 11 is 0. The third-order valence-corrected chi connectivity index (χ3v) is 8.08. The molecule has 0 aliphatic heterocycles. The van der Waals surface area contributed by atoms with E-state index in [0.717, 1.165) is 38.0 Å². The molecule has 0 bridgehead atoms. The van der Waals surface area contributed by atoms with Gasteiger partial charge in [0.15, 0.2) is 0 Å². The molecule has 29 heavy (non-hydrogen) atoms. The highest BCUT2D eigenvalue weighted by molar-refractivity contribution is 5.85. The summed E-state index contributed by atoms with van der Waals surface area (Å²) in [7, 11) is 0. The van der Waals surface area contributed by atoms with Crippen LogP contribution in [0, 0.1) is 29.1 Å². The van der Waals surface area contributed by atoms with Crippen LogP contribution in [0.4, 0.5) is 0 Å². The van der Waals surface area contributed by atoms with Gasteiger partial charge in [0.2, 0.25) is 0 Å². The molecule has 5 atom stereocenters. The van der Waals surface area contributed by atoms with E-state index in [9.17, 15) is 9.90 Å². The SMILES string of the molecule is C=C1CC[C@H](O)C/C1=C\C=C1/CCC[C@@]2(C)[C@@H]([C@H](C)CCCC(C)C)C(=O)C[C@@H]12. The number of carbonyl (C=O) groups excluding carboxylic acids is 1. The second-order valence-electron chi connectivity index (χ2n) is 10.8. The van der Waals surface area contributed by atoms with Gasteiger partial charge >= 0.3 is 0 Å². The van der Waals surface area contributed by atoms with Crippen LogP contribution in [0.25, 0.3) is 0 Å². The second kappa shape index (κ2) is 9.33. The first-order valence-corrected chi connectivity index (χ1v) is 12.0. The zero-order valence-electron chi connectivity index (χ0n) is 19.2. The maximum Gasteiger partial charge on any atom is 0.137 e. The lowest BCUT2D eigenvalue weighted by molar-refractivity contribution is -0.124. The van der Waals surface area contributed by atoms with Crippen molar-refractivity contribution in [2.45, 2.75) is 98.0 Å². The Hall–Kier alpha value is -1.15. The van der Waals surface area contributed by atoms with Crippen LogP contribution in [0.2, 0.25) is 0 Å². The third-order valence-electron chi connectivity index (χ3n) is 8.08. The first-order chi connectivity index (χ1) is 13.7. The van der Waals surface area contributed by atoms with Gasteiger partial charge in [0, 0.05) is 12.3 Å². The number of carbonyl (C=O) groups is 1. The van der Waals surface area contributed by atoms with Crippen LogP contribution >= 0.6 is 0 Å². The summed E-state index contributed by atoms with van der Waals surface area (Å²) in [5.41, 5.74) is 3.96. The van der Waals surface area contributed by atoms with E-state index in [1.165, 1.54) is 48.8 Å². The Bertz CT molecular complexity index is 683. The fourth-order valence-electron chi connectivity index (χ4n) is 6.45. The van der Waals surface area contributed by atoms with Gasteiger partial charge in [0.25, 0.3) is 0 Å². The Morgan fingerprint density at radius 2 is 1.93 bits per heavy atom. The molecule has 0 aromatic heterocycles. The summed E-state index contributed by atoms with van der Waals surface area (Å²) in [6.07, 6.45) is 14.6. The zero-order chi connectivity index (χ0) is 21.2. The minimum absolute atomic E-state index is 0.125. The molecule has 2 heteroatoms. The molecule has 3 rings (SSSR count). The first-order valence-electron chi connectivity index (χ1n) is 12.0. The number of Topliss-reactive ketones (excluding diaryl/α,β-unsaturated/α-hetero) is 1. The molecule has 3 saturated carbocycles. The standard InChI is InChI=1S/C27H42O2/c1-18(2)8-6-9-20(4)26-25(29)17-24-21(10-7-15-27(24,26)5)12-13-22-16-23(28)14-11-19(22)3/h12-13,18,20,23-24,26,28H,3,6-11,14-17H2,1-2,4-5H3/b21-12+,22-13+/t20-,23+,24+,26+,27-/m1/s1. The van der Waals surface area contributed by atoms with Crippen molar-refractivity contribution in [3.05, 3.63) is 35.5 Å². The predicted octanol–water partition coefficient (Wildman–Crippen LogP) is 6.80. The van der Waals surface area contributed by atoms with E-state index in [2.05, 4.69) is 46.4 Å². The zero-order valence-corrected chi connectivity index (χ0v) is 19.2. The van der Waals surface area contributed by atoms with Crippen LogP contribution in [-0.2, 0) is 4.79 Å². The lowest BCUT2D eigenvalue weighted by Gasteiger charge is -2.43. The van der Waals surface area contributed by atoms with E-state index in [4.69, 9.17) is 0 Å². The van der Waals surface area contributed by atoms with Gasteiger partial charge in [-0.25, -0.2) is 0 Å². The minimum Gasteiger partial charge on any atom is -0.393 e. The van der Waals surface area contributed by atoms with Gasteiger partial charge < -0.3 is 5.11 Å². The van der Waals surface area contributed by atoms with Gasteiger partial charge in [-0.1, -0.05) is 70.4 Å². The fraction of sp³-hybridized carbons (Fsp3) is 0.741. The highest BCUT2D eigenvalue weighted by Gasteiger charge is 2.54. The fourth-order valence-corrected chi connectivity index (χ4v) is 6.45. The lowest BCUT2D eigenvalue weighted by Crippen LogP contribution is -2.37. The summed E-state index contributed by atoms with van der Waals surface area (Å²) in [5.74, 6) is 2.37. The molecule has 3 aliphatic rings. The van der Waals surface area contributed by atoms with Crippen LogP contribution in [0.5, 0.6) is 0 Å². The van der Waals surface area contributed by atoms with Gasteiger partial charge in [-0.3, -0.25) is 4.79 Å². The van der Waals surface area contributed by atoms with Crippen molar-refractivity contribution in [3.8, 4) is 0 Å². The van der Waals surface area contributed by atoms with E-state index in [0.29, 0.717) is 17.6 Å². The van der Waals surface area contributed by atoms with Gasteiger partial charge in [-0.05, 0) is 73.7 Å². The molecule has 0 amide bonds. The van der Waals surface area contributed by atoms with E-state index >= 15 is 0 Å². The second-order valence-corrected chi connectivity index (χ2v) is 10.8. The summed E-state index contributed by atoms with van der Waals surface area (Å²) in [5, 5.41) is 10.0. The summed E-state index contributed by atoms with van der Waals surface area (Å²) in [6.45, 7) is 13.5. The first kappa shape index (κ1) is 22.5. The predicted molar refractivity (Wildman–Crippen MR) is 122 cm³/mol. The van der Waals surface area contributed by atoms with E-state index in [1.54, 1.807) is 0 Å². The third kappa shape index (κ3) is 4.95. The summed E-state index contributed by atoms with van der Waals surface area (Å²) in [4.78, 5) is 13.1.